The van der Waals surface area contributed by atoms with Crippen LogP contribution in [0.4, 0.5) is 5.69 Å². The zero-order chi connectivity index (χ0) is 17.2. The van der Waals surface area contributed by atoms with Gasteiger partial charge in [-0.2, -0.15) is 5.10 Å². The summed E-state index contributed by atoms with van der Waals surface area (Å²) in [4.78, 5) is 12.8. The second-order valence-corrected chi connectivity index (χ2v) is 8.35. The molecule has 0 unspecified atom stereocenters. The molecule has 1 saturated heterocycles. The molecule has 0 atom stereocenters. The first-order valence-corrected chi connectivity index (χ1v) is 9.63. The van der Waals surface area contributed by atoms with E-state index in [1.54, 1.807) is 24.4 Å². The lowest BCUT2D eigenvalue weighted by atomic mass is 9.95. The minimum atomic E-state index is -3.53. The Bertz CT molecular complexity index is 825. The summed E-state index contributed by atoms with van der Waals surface area (Å²) in [7, 11) is -3.53. The summed E-state index contributed by atoms with van der Waals surface area (Å²) in [5.41, 5.74) is 2.25. The minimum Gasteiger partial charge on any atom is -0.325 e. The second kappa shape index (κ2) is 6.37. The largest absolute Gasteiger partial charge is 0.325 e. The third-order valence-corrected chi connectivity index (χ3v) is 6.48. The van der Waals surface area contributed by atoms with Gasteiger partial charge in [0.25, 0.3) is 0 Å². The van der Waals surface area contributed by atoms with Crippen LogP contribution >= 0.6 is 0 Å². The van der Waals surface area contributed by atoms with Crippen LogP contribution in [0.25, 0.3) is 11.3 Å². The highest BCUT2D eigenvalue weighted by molar-refractivity contribution is 7.92. The van der Waals surface area contributed by atoms with Crippen LogP contribution in [0.1, 0.15) is 12.8 Å². The maximum absolute atomic E-state index is 12.8. The van der Waals surface area contributed by atoms with Crippen LogP contribution in [0.15, 0.2) is 36.5 Å². The summed E-state index contributed by atoms with van der Waals surface area (Å²) in [5.74, 6) is -0.465. The number of nitrogens with zero attached hydrogens (tertiary/aromatic N) is 1. The molecule has 0 spiro atoms. The topological polar surface area (TPSA) is 104 Å². The Hall–Kier alpha value is -2.19. The fraction of sp³-hybridized carbons (Fsp3) is 0.375. The molecule has 7 nitrogen and oxygen atoms in total. The summed E-state index contributed by atoms with van der Waals surface area (Å²) in [5, 5.41) is 12.7. The number of carbonyl (C=O) groups excluding carboxylic acids is 1. The number of aromatic nitrogens is 2. The van der Waals surface area contributed by atoms with Crippen molar-refractivity contribution < 1.29 is 13.2 Å². The maximum atomic E-state index is 12.8. The van der Waals surface area contributed by atoms with Crippen molar-refractivity contribution in [3.8, 4) is 11.3 Å². The zero-order valence-corrected chi connectivity index (χ0v) is 14.2. The van der Waals surface area contributed by atoms with Crippen LogP contribution in [-0.2, 0) is 14.6 Å². The van der Waals surface area contributed by atoms with E-state index in [-0.39, 0.29) is 12.8 Å². The van der Waals surface area contributed by atoms with Gasteiger partial charge in [-0.25, -0.2) is 8.42 Å². The van der Waals surface area contributed by atoms with Crippen LogP contribution in [-0.4, -0.2) is 48.6 Å². The number of carbonyl (C=O) groups is 1. The Kier molecular flexibility index (Phi) is 4.42. The molecule has 0 radical (unpaired) electrons. The first-order chi connectivity index (χ1) is 11.4. The van der Waals surface area contributed by atoms with Crippen molar-refractivity contribution in [3.05, 3.63) is 36.5 Å². The van der Waals surface area contributed by atoms with Crippen LogP contribution < -0.4 is 10.6 Å². The molecule has 0 bridgehead atoms. The third kappa shape index (κ3) is 3.07. The third-order valence-electron chi connectivity index (χ3n) is 4.47. The smallest absolute Gasteiger partial charge is 0.245 e. The summed E-state index contributed by atoms with van der Waals surface area (Å²) < 4.78 is 23.2. The molecule has 24 heavy (non-hydrogen) atoms. The quantitative estimate of drug-likeness (QED) is 0.770. The SMILES string of the molecule is CS(=O)(=O)C1(C(=O)Nc2cccc(-c3ccn[nH]3)c2)CCNCC1. The maximum Gasteiger partial charge on any atom is 0.245 e. The van der Waals surface area contributed by atoms with E-state index in [9.17, 15) is 13.2 Å². The van der Waals surface area contributed by atoms with Gasteiger partial charge in [0, 0.05) is 23.7 Å². The van der Waals surface area contributed by atoms with Gasteiger partial charge in [-0.05, 0) is 44.1 Å². The molecule has 1 amide bonds. The van der Waals surface area contributed by atoms with Crippen LogP contribution in [0.2, 0.25) is 0 Å². The van der Waals surface area contributed by atoms with Crippen molar-refractivity contribution in [3.63, 3.8) is 0 Å². The molecule has 0 aliphatic carbocycles. The van der Waals surface area contributed by atoms with Gasteiger partial charge in [0.05, 0.1) is 5.69 Å². The lowest BCUT2D eigenvalue weighted by molar-refractivity contribution is -0.119. The Labute approximate surface area is 140 Å². The van der Waals surface area contributed by atoms with E-state index in [0.29, 0.717) is 18.8 Å². The van der Waals surface area contributed by atoms with Gasteiger partial charge >= 0.3 is 0 Å². The number of hydrogen-bond donors (Lipinski definition) is 3. The molecule has 3 rings (SSSR count). The second-order valence-electron chi connectivity index (χ2n) is 6.02. The number of rotatable bonds is 4. The molecule has 2 heterocycles. The van der Waals surface area contributed by atoms with E-state index in [2.05, 4.69) is 20.8 Å². The van der Waals surface area contributed by atoms with Crippen molar-refractivity contribution in [1.82, 2.24) is 15.5 Å². The average molecular weight is 348 g/mol. The van der Waals surface area contributed by atoms with Gasteiger partial charge in [-0.15, -0.1) is 0 Å². The molecule has 1 aromatic heterocycles. The number of piperidine rings is 1. The molecule has 8 heteroatoms. The lowest BCUT2D eigenvalue weighted by Crippen LogP contribution is -2.55. The van der Waals surface area contributed by atoms with Crippen molar-refractivity contribution in [1.29, 1.82) is 0 Å². The number of aromatic amines is 1. The van der Waals surface area contributed by atoms with E-state index >= 15 is 0 Å². The van der Waals surface area contributed by atoms with E-state index < -0.39 is 20.5 Å². The number of hydrogen-bond acceptors (Lipinski definition) is 5. The molecular weight excluding hydrogens is 328 g/mol. The molecule has 2 aromatic rings. The van der Waals surface area contributed by atoms with Crippen molar-refractivity contribution >= 4 is 21.4 Å². The summed E-state index contributed by atoms with van der Waals surface area (Å²) in [6, 6.07) is 9.06. The van der Waals surface area contributed by atoms with Crippen molar-refractivity contribution in [2.45, 2.75) is 17.6 Å². The number of sulfone groups is 1. The highest BCUT2D eigenvalue weighted by Gasteiger charge is 2.48. The summed E-state index contributed by atoms with van der Waals surface area (Å²) in [6.45, 7) is 1.02. The van der Waals surface area contributed by atoms with Gasteiger partial charge in [-0.1, -0.05) is 12.1 Å². The Balaban J connectivity index is 1.87. The van der Waals surface area contributed by atoms with E-state index in [1.807, 2.05) is 12.1 Å². The minimum absolute atomic E-state index is 0.276. The fourth-order valence-corrected chi connectivity index (χ4v) is 4.36. The molecule has 128 valence electrons. The van der Waals surface area contributed by atoms with Crippen LogP contribution in [0.5, 0.6) is 0 Å². The molecule has 3 N–H and O–H groups in total. The summed E-state index contributed by atoms with van der Waals surface area (Å²) in [6.07, 6.45) is 3.34. The van der Waals surface area contributed by atoms with E-state index in [4.69, 9.17) is 0 Å². The van der Waals surface area contributed by atoms with Gasteiger partial charge < -0.3 is 10.6 Å². The van der Waals surface area contributed by atoms with Gasteiger partial charge in [-0.3, -0.25) is 9.89 Å². The van der Waals surface area contributed by atoms with Gasteiger partial charge in [0.15, 0.2) is 14.6 Å². The Morgan fingerprint density at radius 1 is 1.25 bits per heavy atom. The normalized spacial score (nSPS) is 17.4. The number of benzene rings is 1. The Morgan fingerprint density at radius 3 is 2.62 bits per heavy atom. The molecule has 1 aliphatic heterocycles. The molecular formula is C16H20N4O3S. The molecule has 1 aliphatic rings. The fourth-order valence-electron chi connectivity index (χ4n) is 3.02. The number of anilines is 1. The summed E-state index contributed by atoms with van der Waals surface area (Å²) >= 11 is 0. The number of nitrogens with one attached hydrogen (secondary N) is 3. The Morgan fingerprint density at radius 2 is 2.00 bits per heavy atom. The number of amides is 1. The lowest BCUT2D eigenvalue weighted by Gasteiger charge is -2.34. The van der Waals surface area contributed by atoms with E-state index in [0.717, 1.165) is 17.5 Å². The highest BCUT2D eigenvalue weighted by Crippen LogP contribution is 2.30. The number of H-pyrrole nitrogens is 1. The first-order valence-electron chi connectivity index (χ1n) is 7.74. The van der Waals surface area contributed by atoms with Gasteiger partial charge in [0.1, 0.15) is 0 Å². The van der Waals surface area contributed by atoms with E-state index in [1.165, 1.54) is 0 Å². The zero-order valence-electron chi connectivity index (χ0n) is 13.4. The predicted octanol–water partition coefficient (Wildman–Crippen LogP) is 1.18. The molecule has 1 fully saturated rings. The predicted molar refractivity (Wildman–Crippen MR) is 92.3 cm³/mol. The van der Waals surface area contributed by atoms with Crippen molar-refractivity contribution in [2.75, 3.05) is 24.7 Å². The first kappa shape index (κ1) is 16.7. The van der Waals surface area contributed by atoms with Crippen LogP contribution in [0, 0.1) is 0 Å². The van der Waals surface area contributed by atoms with Crippen LogP contribution in [0.3, 0.4) is 0 Å². The highest BCUT2D eigenvalue weighted by atomic mass is 32.2. The molecule has 0 saturated carbocycles. The average Bonchev–Trinajstić information content (AvgIpc) is 3.09. The molecule has 1 aromatic carbocycles. The monoisotopic (exact) mass is 348 g/mol. The standard InChI is InChI=1S/C16H20N4O3S/c1-24(22,23)16(6-9-17-10-7-16)15(21)19-13-4-2-3-12(11-13)14-5-8-18-20-14/h2-5,8,11,17H,6-7,9-10H2,1H3,(H,18,20)(H,19,21). The van der Waals surface area contributed by atoms with Gasteiger partial charge in [0.2, 0.25) is 5.91 Å². The van der Waals surface area contributed by atoms with Crippen molar-refractivity contribution in [2.24, 2.45) is 0 Å².